The van der Waals surface area contributed by atoms with E-state index in [2.05, 4.69) is 48.7 Å². The second-order valence-electron chi connectivity index (χ2n) is 10.00. The minimum atomic E-state index is 0.549. The molecule has 1 aliphatic heterocycles. The number of anilines is 3. The standard InChI is InChI=1S/C28H29N9O/c1-17-22-10-7-20(15-24(22)36(2)35-17)23-16-25(31-28(30-23)37-11-13-38-14-12-37)29-21-8-5-19(6-9-21)27-32-26(33-34-27)18-3-4-18/h5-10,15-16,18H,3-4,11-14H2,1-2H3,(H,29,30,31)(H,32,33,34). The summed E-state index contributed by atoms with van der Waals surface area (Å²) in [6.07, 6.45) is 2.39. The number of H-pyrrole nitrogens is 1. The molecule has 7 rings (SSSR count). The second kappa shape index (κ2) is 9.21. The van der Waals surface area contributed by atoms with Gasteiger partial charge >= 0.3 is 0 Å². The third kappa shape index (κ3) is 4.37. The van der Waals surface area contributed by atoms with Crippen molar-refractivity contribution in [1.29, 1.82) is 0 Å². The number of nitrogens with zero attached hydrogens (tertiary/aromatic N) is 7. The van der Waals surface area contributed by atoms with Gasteiger partial charge in [0, 0.05) is 54.3 Å². The van der Waals surface area contributed by atoms with E-state index in [4.69, 9.17) is 14.7 Å². The Hall–Kier alpha value is -4.31. The maximum Gasteiger partial charge on any atom is 0.228 e. The largest absolute Gasteiger partial charge is 0.378 e. The number of hydrogen-bond donors (Lipinski definition) is 2. The van der Waals surface area contributed by atoms with E-state index in [0.29, 0.717) is 25.1 Å². The molecule has 2 aromatic carbocycles. The lowest BCUT2D eigenvalue weighted by Gasteiger charge is -2.27. The van der Waals surface area contributed by atoms with Crippen molar-refractivity contribution >= 4 is 28.4 Å². The number of morpholine rings is 1. The van der Waals surface area contributed by atoms with Gasteiger partial charge in [-0.15, -0.1) is 0 Å². The van der Waals surface area contributed by atoms with Crippen molar-refractivity contribution in [1.82, 2.24) is 34.9 Å². The number of aromatic amines is 1. The third-order valence-corrected chi connectivity index (χ3v) is 7.22. The fraction of sp³-hybridized carbons (Fsp3) is 0.321. The average molecular weight is 508 g/mol. The first-order valence-corrected chi connectivity index (χ1v) is 13.1. The molecule has 0 amide bonds. The van der Waals surface area contributed by atoms with Gasteiger partial charge in [-0.3, -0.25) is 9.78 Å². The molecule has 0 spiro atoms. The first-order chi connectivity index (χ1) is 18.6. The maximum absolute atomic E-state index is 5.56. The number of benzene rings is 2. The molecule has 0 atom stereocenters. The maximum atomic E-state index is 5.56. The Morgan fingerprint density at radius 1 is 0.947 bits per heavy atom. The molecule has 2 fully saturated rings. The van der Waals surface area contributed by atoms with Crippen LogP contribution >= 0.6 is 0 Å². The Kier molecular flexibility index (Phi) is 5.54. The fourth-order valence-electron chi connectivity index (χ4n) is 4.94. The molecule has 5 aromatic rings. The number of fused-ring (bicyclic) bond motifs is 1. The normalized spacial score (nSPS) is 15.8. The van der Waals surface area contributed by atoms with Crippen LogP contribution in [0.2, 0.25) is 0 Å². The predicted molar refractivity (Wildman–Crippen MR) is 147 cm³/mol. The molecule has 1 aliphatic carbocycles. The Morgan fingerprint density at radius 3 is 2.53 bits per heavy atom. The van der Waals surface area contributed by atoms with E-state index in [0.717, 1.165) is 69.7 Å². The van der Waals surface area contributed by atoms with E-state index in [1.807, 2.05) is 49.0 Å². The summed E-state index contributed by atoms with van der Waals surface area (Å²) in [5.41, 5.74) is 5.89. The van der Waals surface area contributed by atoms with Crippen LogP contribution in [-0.2, 0) is 11.8 Å². The highest BCUT2D eigenvalue weighted by Gasteiger charge is 2.27. The minimum absolute atomic E-state index is 0.549. The Morgan fingerprint density at radius 2 is 1.74 bits per heavy atom. The van der Waals surface area contributed by atoms with E-state index in [1.165, 1.54) is 12.8 Å². The van der Waals surface area contributed by atoms with E-state index < -0.39 is 0 Å². The molecule has 0 radical (unpaired) electrons. The van der Waals surface area contributed by atoms with Crippen molar-refractivity contribution in [2.24, 2.45) is 7.05 Å². The van der Waals surface area contributed by atoms with Crippen molar-refractivity contribution < 1.29 is 4.74 Å². The van der Waals surface area contributed by atoms with Crippen molar-refractivity contribution in [3.63, 3.8) is 0 Å². The van der Waals surface area contributed by atoms with Gasteiger partial charge < -0.3 is 15.0 Å². The molecule has 10 nitrogen and oxygen atoms in total. The van der Waals surface area contributed by atoms with Crippen LogP contribution in [0.15, 0.2) is 48.5 Å². The summed E-state index contributed by atoms with van der Waals surface area (Å²) in [4.78, 5) is 16.7. The van der Waals surface area contributed by atoms with Crippen LogP contribution in [0, 0.1) is 6.92 Å². The lowest BCUT2D eigenvalue weighted by atomic mass is 10.1. The van der Waals surface area contributed by atoms with Crippen molar-refractivity contribution in [3.8, 4) is 22.6 Å². The number of ether oxygens (including phenoxy) is 1. The SMILES string of the molecule is Cc1nn(C)c2cc(-c3cc(Nc4ccc(-c5n[nH]c(C6CC6)n5)cc4)nc(N4CCOCC4)n3)ccc12. The first kappa shape index (κ1) is 22.9. The van der Waals surface area contributed by atoms with Crippen molar-refractivity contribution in [2.75, 3.05) is 36.5 Å². The van der Waals surface area contributed by atoms with Crippen LogP contribution < -0.4 is 10.2 Å². The predicted octanol–water partition coefficient (Wildman–Crippen LogP) is 4.58. The highest BCUT2D eigenvalue weighted by molar-refractivity contribution is 5.86. The highest BCUT2D eigenvalue weighted by Crippen LogP contribution is 2.38. The van der Waals surface area contributed by atoms with Gasteiger partial charge in [-0.25, -0.2) is 9.97 Å². The molecule has 3 aromatic heterocycles. The van der Waals surface area contributed by atoms with Gasteiger partial charge in [0.05, 0.1) is 30.1 Å². The van der Waals surface area contributed by atoms with Gasteiger partial charge in [0.25, 0.3) is 0 Å². The lowest BCUT2D eigenvalue weighted by molar-refractivity contribution is 0.122. The van der Waals surface area contributed by atoms with Gasteiger partial charge in [0.15, 0.2) is 5.82 Å². The van der Waals surface area contributed by atoms with Crippen molar-refractivity contribution in [2.45, 2.75) is 25.7 Å². The van der Waals surface area contributed by atoms with Crippen molar-refractivity contribution in [3.05, 3.63) is 60.0 Å². The van der Waals surface area contributed by atoms with Crippen LogP contribution in [0.4, 0.5) is 17.5 Å². The van der Waals surface area contributed by atoms with Gasteiger partial charge in [0.2, 0.25) is 5.95 Å². The van der Waals surface area contributed by atoms with Crippen LogP contribution in [0.5, 0.6) is 0 Å². The number of rotatable bonds is 6. The summed E-state index contributed by atoms with van der Waals surface area (Å²) >= 11 is 0. The molecule has 192 valence electrons. The smallest absolute Gasteiger partial charge is 0.228 e. The van der Waals surface area contributed by atoms with E-state index >= 15 is 0 Å². The Balaban J connectivity index is 1.21. The number of aromatic nitrogens is 7. The van der Waals surface area contributed by atoms with Crippen LogP contribution in [-0.4, -0.2) is 61.2 Å². The molecule has 4 heterocycles. The summed E-state index contributed by atoms with van der Waals surface area (Å²) in [7, 11) is 1.97. The summed E-state index contributed by atoms with van der Waals surface area (Å²) in [5.74, 6) is 3.70. The molecular formula is C28H29N9O. The lowest BCUT2D eigenvalue weighted by Crippen LogP contribution is -2.37. The molecule has 0 unspecified atom stereocenters. The zero-order valence-electron chi connectivity index (χ0n) is 21.5. The molecule has 38 heavy (non-hydrogen) atoms. The molecule has 0 bridgehead atoms. The molecule has 1 saturated carbocycles. The topological polar surface area (TPSA) is 110 Å². The third-order valence-electron chi connectivity index (χ3n) is 7.22. The van der Waals surface area contributed by atoms with E-state index in [9.17, 15) is 0 Å². The zero-order valence-corrected chi connectivity index (χ0v) is 21.5. The summed E-state index contributed by atoms with van der Waals surface area (Å²) in [6, 6.07) is 16.5. The van der Waals surface area contributed by atoms with Gasteiger partial charge in [-0.2, -0.15) is 15.2 Å². The number of hydrogen-bond acceptors (Lipinski definition) is 8. The minimum Gasteiger partial charge on any atom is -0.378 e. The molecule has 2 N–H and O–H groups in total. The van der Waals surface area contributed by atoms with E-state index in [1.54, 1.807) is 0 Å². The van der Waals surface area contributed by atoms with Crippen LogP contribution in [0.3, 0.4) is 0 Å². The van der Waals surface area contributed by atoms with Gasteiger partial charge in [0.1, 0.15) is 11.6 Å². The van der Waals surface area contributed by atoms with E-state index in [-0.39, 0.29) is 0 Å². The number of nitrogens with one attached hydrogen (secondary N) is 2. The fourth-order valence-corrected chi connectivity index (χ4v) is 4.94. The summed E-state index contributed by atoms with van der Waals surface area (Å²) in [5, 5.41) is 16.7. The second-order valence-corrected chi connectivity index (χ2v) is 10.00. The molecule has 10 heteroatoms. The highest BCUT2D eigenvalue weighted by atomic mass is 16.5. The molecule has 2 aliphatic rings. The monoisotopic (exact) mass is 507 g/mol. The van der Waals surface area contributed by atoms with Crippen LogP contribution in [0.25, 0.3) is 33.5 Å². The Labute approximate surface area is 220 Å². The zero-order chi connectivity index (χ0) is 25.6. The molecule has 1 saturated heterocycles. The summed E-state index contributed by atoms with van der Waals surface area (Å²) < 4.78 is 7.47. The van der Waals surface area contributed by atoms with Gasteiger partial charge in [-0.05, 0) is 50.1 Å². The molecular weight excluding hydrogens is 478 g/mol. The first-order valence-electron chi connectivity index (χ1n) is 13.1. The number of aryl methyl sites for hydroxylation is 2. The summed E-state index contributed by atoms with van der Waals surface area (Å²) in [6.45, 7) is 4.89. The average Bonchev–Trinajstić information content (AvgIpc) is 3.62. The Bertz CT molecular complexity index is 1610. The van der Waals surface area contributed by atoms with Crippen LogP contribution in [0.1, 0.15) is 30.3 Å². The quantitative estimate of drug-likeness (QED) is 0.344. The van der Waals surface area contributed by atoms with Gasteiger partial charge in [-0.1, -0.05) is 12.1 Å².